The Kier molecular flexibility index (Phi) is 5.20. The molecule has 2 aromatic rings. The van der Waals surface area contributed by atoms with Gasteiger partial charge in [0.25, 0.3) is 0 Å². The standard InChI is InChI=1S/C16H15Cl2F2N/c1-9(2)21-8-11-4-3-10(5-13(11)17)12-6-15(19)16(20)7-14(12)18/h3-7,9,21H,8H2,1-2H3. The molecule has 5 heteroatoms. The predicted molar refractivity (Wildman–Crippen MR) is 83.8 cm³/mol. The Morgan fingerprint density at radius 2 is 1.67 bits per heavy atom. The maximum atomic E-state index is 13.4. The van der Waals surface area contributed by atoms with Crippen LogP contribution in [0.3, 0.4) is 0 Å². The van der Waals surface area contributed by atoms with E-state index in [9.17, 15) is 8.78 Å². The Hall–Kier alpha value is -1.16. The number of hydrogen-bond acceptors (Lipinski definition) is 1. The monoisotopic (exact) mass is 329 g/mol. The molecule has 0 unspecified atom stereocenters. The molecule has 21 heavy (non-hydrogen) atoms. The van der Waals surface area contributed by atoms with Crippen LogP contribution in [0.25, 0.3) is 11.1 Å². The largest absolute Gasteiger partial charge is 0.310 e. The SMILES string of the molecule is CC(C)NCc1ccc(-c2cc(F)c(F)cc2Cl)cc1Cl. The summed E-state index contributed by atoms with van der Waals surface area (Å²) in [6, 6.07) is 7.74. The molecule has 0 aliphatic rings. The first-order chi connectivity index (χ1) is 9.88. The minimum absolute atomic E-state index is 0.151. The summed E-state index contributed by atoms with van der Waals surface area (Å²) in [7, 11) is 0. The molecule has 0 radical (unpaired) electrons. The van der Waals surface area contributed by atoms with Crippen LogP contribution >= 0.6 is 23.2 Å². The average Bonchev–Trinajstić information content (AvgIpc) is 2.41. The molecule has 0 fully saturated rings. The van der Waals surface area contributed by atoms with Gasteiger partial charge in [-0.25, -0.2) is 8.78 Å². The van der Waals surface area contributed by atoms with Gasteiger partial charge in [-0.3, -0.25) is 0 Å². The third-order valence-electron chi connectivity index (χ3n) is 3.07. The molecule has 112 valence electrons. The molecule has 0 aliphatic carbocycles. The normalized spacial score (nSPS) is 11.2. The third-order valence-corrected chi connectivity index (χ3v) is 3.74. The van der Waals surface area contributed by atoms with Gasteiger partial charge in [0.2, 0.25) is 0 Å². The van der Waals surface area contributed by atoms with E-state index in [1.54, 1.807) is 12.1 Å². The fraction of sp³-hybridized carbons (Fsp3) is 0.250. The van der Waals surface area contributed by atoms with Crippen molar-refractivity contribution in [3.8, 4) is 11.1 Å². The second-order valence-electron chi connectivity index (χ2n) is 5.09. The molecular formula is C16H15Cl2F2N. The van der Waals surface area contributed by atoms with E-state index in [2.05, 4.69) is 5.32 Å². The second-order valence-corrected chi connectivity index (χ2v) is 5.90. The Morgan fingerprint density at radius 3 is 2.29 bits per heavy atom. The summed E-state index contributed by atoms with van der Waals surface area (Å²) in [5.41, 5.74) is 2.01. The van der Waals surface area contributed by atoms with Crippen LogP contribution in [0.5, 0.6) is 0 Å². The van der Waals surface area contributed by atoms with Gasteiger partial charge < -0.3 is 5.32 Å². The van der Waals surface area contributed by atoms with Crippen LogP contribution in [0.15, 0.2) is 30.3 Å². The topological polar surface area (TPSA) is 12.0 Å². The van der Waals surface area contributed by atoms with Gasteiger partial charge in [-0.2, -0.15) is 0 Å². The maximum absolute atomic E-state index is 13.4. The minimum atomic E-state index is -0.965. The number of nitrogens with one attached hydrogen (secondary N) is 1. The van der Waals surface area contributed by atoms with Gasteiger partial charge in [-0.1, -0.05) is 49.2 Å². The van der Waals surface area contributed by atoms with Crippen molar-refractivity contribution in [3.63, 3.8) is 0 Å². The van der Waals surface area contributed by atoms with Gasteiger partial charge >= 0.3 is 0 Å². The van der Waals surface area contributed by atoms with Crippen molar-refractivity contribution in [1.82, 2.24) is 5.32 Å². The summed E-state index contributed by atoms with van der Waals surface area (Å²) >= 11 is 12.2. The minimum Gasteiger partial charge on any atom is -0.310 e. The van der Waals surface area contributed by atoms with E-state index in [0.29, 0.717) is 28.7 Å². The van der Waals surface area contributed by atoms with E-state index >= 15 is 0 Å². The molecule has 0 heterocycles. The van der Waals surface area contributed by atoms with Crippen molar-refractivity contribution in [2.24, 2.45) is 0 Å². The molecule has 2 aromatic carbocycles. The lowest BCUT2D eigenvalue weighted by Gasteiger charge is -2.12. The van der Waals surface area contributed by atoms with Crippen LogP contribution in [-0.2, 0) is 6.54 Å². The van der Waals surface area contributed by atoms with Crippen LogP contribution in [0, 0.1) is 11.6 Å². The average molecular weight is 330 g/mol. The van der Waals surface area contributed by atoms with Crippen LogP contribution in [0.2, 0.25) is 10.0 Å². The highest BCUT2D eigenvalue weighted by molar-refractivity contribution is 6.34. The molecule has 0 saturated carbocycles. The first kappa shape index (κ1) is 16.2. The molecule has 1 nitrogen and oxygen atoms in total. The molecule has 1 N–H and O–H groups in total. The van der Waals surface area contributed by atoms with Crippen molar-refractivity contribution in [2.75, 3.05) is 0 Å². The highest BCUT2D eigenvalue weighted by atomic mass is 35.5. The van der Waals surface area contributed by atoms with Crippen molar-refractivity contribution in [2.45, 2.75) is 26.4 Å². The highest BCUT2D eigenvalue weighted by Crippen LogP contribution is 2.32. The lowest BCUT2D eigenvalue weighted by atomic mass is 10.0. The van der Waals surface area contributed by atoms with Gasteiger partial charge in [0.15, 0.2) is 11.6 Å². The molecule has 0 saturated heterocycles. The zero-order chi connectivity index (χ0) is 15.6. The first-order valence-electron chi connectivity index (χ1n) is 6.55. The number of benzene rings is 2. The quantitative estimate of drug-likeness (QED) is 0.737. The Balaban J connectivity index is 2.34. The number of hydrogen-bond donors (Lipinski definition) is 1. The number of halogens is 4. The molecular weight excluding hydrogens is 315 g/mol. The molecule has 0 spiro atoms. The van der Waals surface area contributed by atoms with Gasteiger partial charge in [-0.15, -0.1) is 0 Å². The predicted octanol–water partition coefficient (Wildman–Crippen LogP) is 5.44. The lowest BCUT2D eigenvalue weighted by molar-refractivity contribution is 0.509. The van der Waals surface area contributed by atoms with E-state index in [1.165, 1.54) is 0 Å². The van der Waals surface area contributed by atoms with E-state index in [4.69, 9.17) is 23.2 Å². The van der Waals surface area contributed by atoms with Crippen LogP contribution in [-0.4, -0.2) is 6.04 Å². The molecule has 0 bridgehead atoms. The summed E-state index contributed by atoms with van der Waals surface area (Å²) in [5, 5.41) is 3.98. The smallest absolute Gasteiger partial charge is 0.160 e. The van der Waals surface area contributed by atoms with Crippen LogP contribution in [0.4, 0.5) is 8.78 Å². The maximum Gasteiger partial charge on any atom is 0.160 e. The van der Waals surface area contributed by atoms with E-state index < -0.39 is 11.6 Å². The zero-order valence-corrected chi connectivity index (χ0v) is 13.2. The van der Waals surface area contributed by atoms with Crippen molar-refractivity contribution in [1.29, 1.82) is 0 Å². The van der Waals surface area contributed by atoms with E-state index in [-0.39, 0.29) is 5.02 Å². The Labute approximate surface area is 132 Å². The lowest BCUT2D eigenvalue weighted by Crippen LogP contribution is -2.21. The number of rotatable bonds is 4. The van der Waals surface area contributed by atoms with Crippen molar-refractivity contribution in [3.05, 3.63) is 57.6 Å². The zero-order valence-electron chi connectivity index (χ0n) is 11.7. The fourth-order valence-corrected chi connectivity index (χ4v) is 2.42. The van der Waals surface area contributed by atoms with Gasteiger partial charge in [0.1, 0.15) is 0 Å². The Bertz CT molecular complexity index is 657. The fourth-order valence-electron chi connectivity index (χ4n) is 1.92. The van der Waals surface area contributed by atoms with Crippen molar-refractivity contribution >= 4 is 23.2 Å². The highest BCUT2D eigenvalue weighted by Gasteiger charge is 2.11. The summed E-state index contributed by atoms with van der Waals surface area (Å²) in [4.78, 5) is 0. The summed E-state index contributed by atoms with van der Waals surface area (Å²) in [6.45, 7) is 4.73. The molecule has 0 amide bonds. The van der Waals surface area contributed by atoms with Crippen LogP contribution < -0.4 is 5.32 Å². The second kappa shape index (κ2) is 6.73. The van der Waals surface area contributed by atoms with Gasteiger partial charge in [-0.05, 0) is 29.3 Å². The van der Waals surface area contributed by atoms with Gasteiger partial charge in [0.05, 0.1) is 5.02 Å². The van der Waals surface area contributed by atoms with E-state index in [1.807, 2.05) is 19.9 Å². The Morgan fingerprint density at radius 1 is 1.00 bits per heavy atom. The summed E-state index contributed by atoms with van der Waals surface area (Å²) < 4.78 is 26.5. The van der Waals surface area contributed by atoms with E-state index in [0.717, 1.165) is 17.7 Å². The molecule has 0 aliphatic heterocycles. The molecule has 2 rings (SSSR count). The molecule has 0 aromatic heterocycles. The summed E-state index contributed by atoms with van der Waals surface area (Å²) in [5.74, 6) is -1.90. The summed E-state index contributed by atoms with van der Waals surface area (Å²) in [6.07, 6.45) is 0. The molecule has 0 atom stereocenters. The third kappa shape index (κ3) is 3.94. The van der Waals surface area contributed by atoms with Gasteiger partial charge in [0, 0.05) is 23.2 Å². The van der Waals surface area contributed by atoms with Crippen LogP contribution in [0.1, 0.15) is 19.4 Å². The van der Waals surface area contributed by atoms with Crippen molar-refractivity contribution < 1.29 is 8.78 Å². The first-order valence-corrected chi connectivity index (χ1v) is 7.31.